The maximum Gasteiger partial charge on any atom is 0.345 e. The molecule has 26 heavy (non-hydrogen) atoms. The number of rotatable bonds is 4. The molecule has 0 bridgehead atoms. The Hall–Kier alpha value is -3.55. The summed E-state index contributed by atoms with van der Waals surface area (Å²) in [5.41, 5.74) is 0.908. The van der Waals surface area contributed by atoms with E-state index in [1.807, 2.05) is 13.0 Å². The second-order valence-electron chi connectivity index (χ2n) is 5.79. The van der Waals surface area contributed by atoms with Gasteiger partial charge in [-0.3, -0.25) is 14.9 Å². The minimum atomic E-state index is -0.854. The van der Waals surface area contributed by atoms with Crippen molar-refractivity contribution in [3.05, 3.63) is 79.4 Å². The number of nitro benzene ring substituents is 1. The molecule has 0 amide bonds. The first-order chi connectivity index (χ1) is 12.4. The van der Waals surface area contributed by atoms with Crippen LogP contribution in [-0.4, -0.2) is 20.9 Å². The monoisotopic (exact) mass is 353 g/mol. The van der Waals surface area contributed by atoms with Gasteiger partial charge in [-0.15, -0.1) is 0 Å². The lowest BCUT2D eigenvalue weighted by Gasteiger charge is -2.08. The molecule has 0 unspecified atom stereocenters. The van der Waals surface area contributed by atoms with E-state index in [0.29, 0.717) is 16.5 Å². The first-order valence-corrected chi connectivity index (χ1v) is 7.78. The quantitative estimate of drug-likeness (QED) is 0.438. The van der Waals surface area contributed by atoms with Crippen LogP contribution in [0.3, 0.4) is 0 Å². The van der Waals surface area contributed by atoms with Crippen LogP contribution in [0.5, 0.6) is 0 Å². The van der Waals surface area contributed by atoms with Gasteiger partial charge in [0.25, 0.3) is 11.2 Å². The Morgan fingerprint density at radius 2 is 1.88 bits per heavy atom. The van der Waals surface area contributed by atoms with Crippen LogP contribution in [-0.2, 0) is 11.3 Å². The highest BCUT2D eigenvalue weighted by molar-refractivity contribution is 5.94. The Morgan fingerprint density at radius 3 is 2.62 bits per heavy atom. The van der Waals surface area contributed by atoms with Crippen LogP contribution in [0.15, 0.2) is 41.2 Å². The van der Waals surface area contributed by atoms with Gasteiger partial charge >= 0.3 is 5.97 Å². The van der Waals surface area contributed by atoms with Crippen molar-refractivity contribution in [2.75, 3.05) is 0 Å². The number of hydrogen-bond donors (Lipinski definition) is 1. The van der Waals surface area contributed by atoms with Gasteiger partial charge in [-0.2, -0.15) is 0 Å². The Kier molecular flexibility index (Phi) is 4.49. The molecule has 0 aliphatic rings. The predicted octanol–water partition coefficient (Wildman–Crippen LogP) is 2.81. The average Bonchev–Trinajstić information content (AvgIpc) is 2.60. The van der Waals surface area contributed by atoms with Crippen LogP contribution < -0.4 is 5.56 Å². The Labute approximate surface area is 147 Å². The number of aromatic nitrogens is 2. The molecule has 0 saturated heterocycles. The van der Waals surface area contributed by atoms with E-state index >= 15 is 0 Å². The van der Waals surface area contributed by atoms with Gasteiger partial charge in [-0.25, -0.2) is 9.78 Å². The van der Waals surface area contributed by atoms with Crippen molar-refractivity contribution in [1.29, 1.82) is 0 Å². The average molecular weight is 353 g/mol. The first kappa shape index (κ1) is 17.3. The van der Waals surface area contributed by atoms with E-state index in [1.54, 1.807) is 31.2 Å². The molecular weight excluding hydrogens is 338 g/mol. The third kappa shape index (κ3) is 3.16. The van der Waals surface area contributed by atoms with Crippen molar-refractivity contribution in [1.82, 2.24) is 9.97 Å². The normalized spacial score (nSPS) is 10.7. The molecular formula is C18H15N3O5. The summed E-state index contributed by atoms with van der Waals surface area (Å²) >= 11 is 0. The zero-order valence-corrected chi connectivity index (χ0v) is 14.1. The van der Waals surface area contributed by atoms with Gasteiger partial charge < -0.3 is 9.72 Å². The maximum absolute atomic E-state index is 12.3. The van der Waals surface area contributed by atoms with Gasteiger partial charge in [-0.05, 0) is 31.5 Å². The summed E-state index contributed by atoms with van der Waals surface area (Å²) in [7, 11) is 0. The molecule has 1 aromatic heterocycles. The number of para-hydroxylation sites is 2. The Morgan fingerprint density at radius 1 is 1.19 bits per heavy atom. The van der Waals surface area contributed by atoms with Crippen molar-refractivity contribution in [2.24, 2.45) is 0 Å². The van der Waals surface area contributed by atoms with E-state index in [9.17, 15) is 19.7 Å². The van der Waals surface area contributed by atoms with E-state index in [4.69, 9.17) is 4.74 Å². The van der Waals surface area contributed by atoms with Gasteiger partial charge in [0.05, 0.1) is 15.8 Å². The number of carbonyl (C=O) groups is 1. The van der Waals surface area contributed by atoms with Gasteiger partial charge in [0.1, 0.15) is 18.0 Å². The highest BCUT2D eigenvalue weighted by Crippen LogP contribution is 2.24. The Balaban J connectivity index is 1.88. The van der Waals surface area contributed by atoms with Crippen LogP contribution in [0.2, 0.25) is 0 Å². The number of fused-ring (bicyclic) bond motifs is 1. The molecule has 3 rings (SSSR count). The van der Waals surface area contributed by atoms with Crippen molar-refractivity contribution >= 4 is 22.6 Å². The number of aromatic amines is 1. The Bertz CT molecular complexity index is 1090. The summed E-state index contributed by atoms with van der Waals surface area (Å²) in [6.07, 6.45) is 0. The SMILES string of the molecule is Cc1cccc(C(=O)OCc2nc3c(C)cccc3c(=O)[nH]2)c1[N+](=O)[O-]. The van der Waals surface area contributed by atoms with Crippen molar-refractivity contribution < 1.29 is 14.5 Å². The van der Waals surface area contributed by atoms with Crippen molar-refractivity contribution in [3.8, 4) is 0 Å². The molecule has 0 aliphatic carbocycles. The number of H-pyrrole nitrogens is 1. The zero-order chi connectivity index (χ0) is 18.8. The van der Waals surface area contributed by atoms with Crippen LogP contribution in [0.1, 0.15) is 27.3 Å². The molecule has 1 N–H and O–H groups in total. The summed E-state index contributed by atoms with van der Waals surface area (Å²) in [5, 5.41) is 11.6. The molecule has 3 aromatic rings. The second kappa shape index (κ2) is 6.75. The fourth-order valence-corrected chi connectivity index (χ4v) is 2.70. The lowest BCUT2D eigenvalue weighted by atomic mass is 10.1. The summed E-state index contributed by atoms with van der Waals surface area (Å²) in [4.78, 5) is 41.8. The minimum Gasteiger partial charge on any atom is -0.454 e. The van der Waals surface area contributed by atoms with E-state index in [2.05, 4.69) is 9.97 Å². The van der Waals surface area contributed by atoms with E-state index < -0.39 is 10.9 Å². The van der Waals surface area contributed by atoms with Crippen LogP contribution in [0.25, 0.3) is 10.9 Å². The van der Waals surface area contributed by atoms with Crippen molar-refractivity contribution in [3.63, 3.8) is 0 Å². The molecule has 1 heterocycles. The number of carbonyl (C=O) groups excluding carboxylic acids is 1. The van der Waals surface area contributed by atoms with Gasteiger partial charge in [0.2, 0.25) is 0 Å². The number of benzene rings is 2. The largest absolute Gasteiger partial charge is 0.454 e. The maximum atomic E-state index is 12.3. The lowest BCUT2D eigenvalue weighted by Crippen LogP contribution is -2.15. The smallest absolute Gasteiger partial charge is 0.345 e. The standard InChI is InChI=1S/C18H15N3O5/c1-10-5-3-7-12-15(10)19-14(20-17(12)22)9-26-18(23)13-8-4-6-11(2)16(13)21(24)25/h3-8H,9H2,1-2H3,(H,19,20,22). The van der Waals surface area contributed by atoms with Gasteiger partial charge in [-0.1, -0.05) is 24.3 Å². The van der Waals surface area contributed by atoms with Gasteiger partial charge in [0, 0.05) is 5.56 Å². The topological polar surface area (TPSA) is 115 Å². The van der Waals surface area contributed by atoms with Crippen molar-refractivity contribution in [2.45, 2.75) is 20.5 Å². The summed E-state index contributed by atoms with van der Waals surface area (Å²) < 4.78 is 5.13. The number of nitro groups is 1. The number of aryl methyl sites for hydroxylation is 2. The summed E-state index contributed by atoms with van der Waals surface area (Å²) in [5.74, 6) is -0.687. The van der Waals surface area contributed by atoms with E-state index in [1.165, 1.54) is 6.07 Å². The van der Waals surface area contributed by atoms with Crippen LogP contribution in [0, 0.1) is 24.0 Å². The number of esters is 1. The van der Waals surface area contributed by atoms with Crippen LogP contribution >= 0.6 is 0 Å². The molecule has 0 aliphatic heterocycles. The van der Waals surface area contributed by atoms with E-state index in [0.717, 1.165) is 5.56 Å². The highest BCUT2D eigenvalue weighted by Gasteiger charge is 2.23. The molecule has 0 saturated carbocycles. The molecule has 8 nitrogen and oxygen atoms in total. The summed E-state index contributed by atoms with van der Waals surface area (Å²) in [6.45, 7) is 3.06. The number of nitrogens with one attached hydrogen (secondary N) is 1. The zero-order valence-electron chi connectivity index (χ0n) is 14.1. The number of ether oxygens (including phenoxy) is 1. The fourth-order valence-electron chi connectivity index (χ4n) is 2.70. The lowest BCUT2D eigenvalue weighted by molar-refractivity contribution is -0.385. The van der Waals surface area contributed by atoms with Gasteiger partial charge in [0.15, 0.2) is 0 Å². The number of nitrogens with zero attached hydrogens (tertiary/aromatic N) is 2. The molecule has 0 radical (unpaired) electrons. The summed E-state index contributed by atoms with van der Waals surface area (Å²) in [6, 6.07) is 9.64. The third-order valence-electron chi connectivity index (χ3n) is 3.97. The van der Waals surface area contributed by atoms with E-state index in [-0.39, 0.29) is 29.2 Å². The minimum absolute atomic E-state index is 0.144. The highest BCUT2D eigenvalue weighted by atomic mass is 16.6. The fraction of sp³-hybridized carbons (Fsp3) is 0.167. The predicted molar refractivity (Wildman–Crippen MR) is 94.1 cm³/mol. The second-order valence-corrected chi connectivity index (χ2v) is 5.79. The molecule has 0 atom stereocenters. The first-order valence-electron chi connectivity index (χ1n) is 7.78. The number of hydrogen-bond acceptors (Lipinski definition) is 6. The molecule has 0 spiro atoms. The molecule has 0 fully saturated rings. The van der Waals surface area contributed by atoms with Crippen LogP contribution in [0.4, 0.5) is 5.69 Å². The molecule has 132 valence electrons. The molecule has 2 aromatic carbocycles. The third-order valence-corrected chi connectivity index (χ3v) is 3.97. The molecule has 8 heteroatoms.